The van der Waals surface area contributed by atoms with Crippen LogP contribution in [0.25, 0.3) is 0 Å². The van der Waals surface area contributed by atoms with Crippen LogP contribution in [-0.2, 0) is 17.7 Å². The van der Waals surface area contributed by atoms with Crippen molar-refractivity contribution in [3.05, 3.63) is 0 Å². The van der Waals surface area contributed by atoms with Gasteiger partial charge in [-0.25, -0.2) is 0 Å². The van der Waals surface area contributed by atoms with Crippen molar-refractivity contribution in [3.63, 3.8) is 0 Å². The van der Waals surface area contributed by atoms with Crippen LogP contribution in [0.3, 0.4) is 0 Å². The maximum atomic E-state index is 12.6. The van der Waals surface area contributed by atoms with Gasteiger partial charge in [0.1, 0.15) is 0 Å². The van der Waals surface area contributed by atoms with Crippen LogP contribution >= 0.6 is 79.7 Å². The van der Waals surface area contributed by atoms with Crippen LogP contribution in [0.1, 0.15) is 6.92 Å². The zero-order valence-electron chi connectivity index (χ0n) is 9.80. The van der Waals surface area contributed by atoms with Gasteiger partial charge in [-0.05, 0) is 0 Å². The second-order valence-electron chi connectivity index (χ2n) is 3.34. The standard InChI is InChI=1S/C8H15I2O4PS3/c1-8(11)16-7-6-15(12,4-2-13-17-9)5-3-14-18-10/h2-7H2,1H3. The molecule has 0 saturated heterocycles. The van der Waals surface area contributed by atoms with Crippen LogP contribution in [0.5, 0.6) is 0 Å². The van der Waals surface area contributed by atoms with Crippen molar-refractivity contribution in [2.75, 3.05) is 37.5 Å². The fourth-order valence-electron chi connectivity index (χ4n) is 1.16. The van der Waals surface area contributed by atoms with Gasteiger partial charge in [-0.3, -0.25) is 4.79 Å². The summed E-state index contributed by atoms with van der Waals surface area (Å²) in [5, 5.41) is 0.0692. The first-order valence-electron chi connectivity index (χ1n) is 5.05. The molecule has 0 amide bonds. The molecule has 18 heavy (non-hydrogen) atoms. The van der Waals surface area contributed by atoms with Crippen LogP contribution in [0.4, 0.5) is 0 Å². The van der Waals surface area contributed by atoms with Crippen molar-refractivity contribution >= 4 is 84.9 Å². The van der Waals surface area contributed by atoms with E-state index >= 15 is 0 Å². The molecule has 0 N–H and O–H groups in total. The molecule has 0 aromatic rings. The van der Waals surface area contributed by atoms with Gasteiger partial charge in [0.05, 0.1) is 38.8 Å². The molecule has 0 heterocycles. The lowest BCUT2D eigenvalue weighted by Gasteiger charge is -2.17. The van der Waals surface area contributed by atoms with Gasteiger partial charge >= 0.3 is 0 Å². The molecule has 0 saturated carbocycles. The Bertz CT molecular complexity index is 269. The molecule has 0 fully saturated rings. The Kier molecular flexibility index (Phi) is 14.7. The molecule has 0 atom stereocenters. The van der Waals surface area contributed by atoms with Gasteiger partial charge in [0.15, 0.2) is 5.12 Å². The minimum atomic E-state index is -2.29. The monoisotopic (exact) mass is 556 g/mol. The molecule has 0 bridgehead atoms. The van der Waals surface area contributed by atoms with E-state index < -0.39 is 7.14 Å². The average Bonchev–Trinajstić information content (AvgIpc) is 2.29. The van der Waals surface area contributed by atoms with Crippen molar-refractivity contribution in [1.29, 1.82) is 0 Å². The Morgan fingerprint density at radius 2 is 1.61 bits per heavy atom. The zero-order chi connectivity index (χ0) is 13.9. The fraction of sp³-hybridized carbons (Fsp3) is 0.875. The Morgan fingerprint density at radius 3 is 2.00 bits per heavy atom. The first-order chi connectivity index (χ1) is 8.54. The highest BCUT2D eigenvalue weighted by Crippen LogP contribution is 2.46. The van der Waals surface area contributed by atoms with Crippen molar-refractivity contribution in [3.8, 4) is 0 Å². The average molecular weight is 556 g/mol. The van der Waals surface area contributed by atoms with Gasteiger partial charge < -0.3 is 12.9 Å². The third-order valence-corrected chi connectivity index (χ3v) is 8.25. The molecule has 0 radical (unpaired) electrons. The minimum Gasteiger partial charge on any atom is -0.323 e. The lowest BCUT2D eigenvalue weighted by molar-refractivity contribution is -0.109. The zero-order valence-corrected chi connectivity index (χ0v) is 17.5. The summed E-state index contributed by atoms with van der Waals surface area (Å²) < 4.78 is 23.0. The normalized spacial score (nSPS) is 11.7. The van der Waals surface area contributed by atoms with E-state index in [2.05, 4.69) is 0 Å². The molecule has 4 nitrogen and oxygen atoms in total. The van der Waals surface area contributed by atoms with E-state index in [0.717, 1.165) is 0 Å². The highest BCUT2D eigenvalue weighted by molar-refractivity contribution is 14.2. The maximum Gasteiger partial charge on any atom is 0.185 e. The Labute approximate surface area is 145 Å². The highest BCUT2D eigenvalue weighted by atomic mass is 127. The number of thioether (sulfide) groups is 1. The van der Waals surface area contributed by atoms with Crippen LogP contribution < -0.4 is 0 Å². The third-order valence-electron chi connectivity index (χ3n) is 2.06. The summed E-state index contributed by atoms with van der Waals surface area (Å²) in [6.45, 7) is 2.49. The molecule has 0 aliphatic rings. The predicted molar refractivity (Wildman–Crippen MR) is 100 cm³/mol. The van der Waals surface area contributed by atoms with Crippen molar-refractivity contribution in [1.82, 2.24) is 0 Å². The summed E-state index contributed by atoms with van der Waals surface area (Å²) >= 11 is 5.31. The maximum absolute atomic E-state index is 12.6. The van der Waals surface area contributed by atoms with E-state index in [0.29, 0.717) is 37.5 Å². The van der Waals surface area contributed by atoms with Crippen molar-refractivity contribution in [2.45, 2.75) is 6.92 Å². The van der Waals surface area contributed by atoms with Gasteiger partial charge in [0.2, 0.25) is 0 Å². The first-order valence-corrected chi connectivity index (χ1v) is 14.9. The van der Waals surface area contributed by atoms with Crippen LogP contribution in [0, 0.1) is 0 Å². The van der Waals surface area contributed by atoms with Crippen LogP contribution in [0.15, 0.2) is 0 Å². The van der Waals surface area contributed by atoms with E-state index in [9.17, 15) is 9.36 Å². The van der Waals surface area contributed by atoms with Gasteiger partial charge in [0, 0.05) is 73.6 Å². The highest BCUT2D eigenvalue weighted by Gasteiger charge is 2.22. The van der Waals surface area contributed by atoms with E-state index in [1.54, 1.807) is 0 Å². The number of halogens is 2. The van der Waals surface area contributed by atoms with Crippen molar-refractivity contribution in [2.24, 2.45) is 0 Å². The number of hydrogen-bond acceptors (Lipinski definition) is 7. The Balaban J connectivity index is 4.11. The smallest absolute Gasteiger partial charge is 0.185 e. The van der Waals surface area contributed by atoms with E-state index in [1.807, 2.05) is 42.4 Å². The molecule has 0 aromatic heterocycles. The molecular weight excluding hydrogens is 541 g/mol. The molecule has 0 aliphatic carbocycles. The molecule has 0 aliphatic heterocycles. The second kappa shape index (κ2) is 13.0. The number of rotatable bonds is 11. The molecule has 0 aromatic carbocycles. The quantitative estimate of drug-likeness (QED) is 0.159. The fourth-order valence-corrected chi connectivity index (χ4v) is 6.28. The van der Waals surface area contributed by atoms with Gasteiger partial charge in [-0.15, -0.1) is 0 Å². The molecule has 108 valence electrons. The predicted octanol–water partition coefficient (Wildman–Crippen LogP) is 4.66. The lowest BCUT2D eigenvalue weighted by Crippen LogP contribution is -2.09. The lowest BCUT2D eigenvalue weighted by atomic mass is 10.9. The molecular formula is C8H15I2O4PS3. The van der Waals surface area contributed by atoms with Gasteiger partial charge in [-0.1, -0.05) is 11.8 Å². The minimum absolute atomic E-state index is 0.0692. The largest absolute Gasteiger partial charge is 0.323 e. The summed E-state index contributed by atoms with van der Waals surface area (Å²) in [6.07, 6.45) is 1.68. The van der Waals surface area contributed by atoms with Gasteiger partial charge in [0.25, 0.3) is 0 Å². The first kappa shape index (κ1) is 20.3. The van der Waals surface area contributed by atoms with Gasteiger partial charge in [-0.2, -0.15) is 0 Å². The molecule has 0 unspecified atom stereocenters. The SMILES string of the molecule is CC(=O)SCCP(=O)(CCOSI)CCOSI. The Morgan fingerprint density at radius 1 is 1.11 bits per heavy atom. The van der Waals surface area contributed by atoms with Crippen LogP contribution in [0.2, 0.25) is 0 Å². The Hall–Kier alpha value is 2.33. The third kappa shape index (κ3) is 12.1. The summed E-state index contributed by atoms with van der Waals surface area (Å²) in [4.78, 5) is 10.9. The number of hydrogen-bond donors (Lipinski definition) is 0. The number of carbonyl (C=O) groups is 1. The molecule has 0 rings (SSSR count). The van der Waals surface area contributed by atoms with E-state index in [4.69, 9.17) is 8.37 Å². The van der Waals surface area contributed by atoms with E-state index in [1.165, 1.54) is 37.1 Å². The summed E-state index contributed by atoms with van der Waals surface area (Å²) in [5.41, 5.74) is 0. The summed E-state index contributed by atoms with van der Waals surface area (Å²) in [6, 6.07) is 0. The molecule has 10 heteroatoms. The number of carbonyl (C=O) groups excluding carboxylic acids is 1. The van der Waals surface area contributed by atoms with Crippen LogP contribution in [-0.4, -0.2) is 42.6 Å². The van der Waals surface area contributed by atoms with E-state index in [-0.39, 0.29) is 5.12 Å². The topological polar surface area (TPSA) is 52.6 Å². The van der Waals surface area contributed by atoms with Crippen molar-refractivity contribution < 1.29 is 17.7 Å². The summed E-state index contributed by atoms with van der Waals surface area (Å²) in [7, 11) is 0.213. The molecule has 0 spiro atoms. The summed E-state index contributed by atoms with van der Waals surface area (Å²) in [5.74, 6) is 0.612. The second-order valence-corrected chi connectivity index (χ2v) is 10.9.